The topological polar surface area (TPSA) is 186 Å². The monoisotopic (exact) mass is 1170 g/mol. The molecule has 82 heavy (non-hydrogen) atoms. The second-order valence-corrected chi connectivity index (χ2v) is 21.4. The Morgan fingerprint density at radius 2 is 0.817 bits per heavy atom. The van der Waals surface area contributed by atoms with Crippen LogP contribution >= 0.6 is 0 Å². The molecule has 0 atom stereocenters. The molecule has 4 aromatic carbocycles. The minimum atomic E-state index is -1.48. The van der Waals surface area contributed by atoms with Crippen molar-refractivity contribution in [3.05, 3.63) is 117 Å². The smallest absolute Gasteiger partial charge is 0.545 e. The molecule has 4 aromatic rings. The number of allylic oxidation sites excluding steroid dienone is 2. The number of phenols is 4. The Labute approximate surface area is 505 Å². The first-order valence-corrected chi connectivity index (χ1v) is 31.3. The van der Waals surface area contributed by atoms with Crippen molar-refractivity contribution in [3.8, 4) is 34.8 Å². The van der Waals surface area contributed by atoms with E-state index >= 15 is 0 Å². The fourth-order valence-electron chi connectivity index (χ4n) is 9.58. The summed E-state index contributed by atoms with van der Waals surface area (Å²) in [6.07, 6.45) is 41.1. The first kappa shape index (κ1) is 74.2. The Morgan fingerprint density at radius 1 is 0.463 bits per heavy atom. The Morgan fingerprint density at radius 3 is 1.20 bits per heavy atom. The third kappa shape index (κ3) is 29.9. The first-order chi connectivity index (χ1) is 39.2. The number of hydrogen-bond donors (Lipinski definition) is 4. The molecule has 0 spiro atoms. The average Bonchev–Trinajstić information content (AvgIpc) is 3.47. The Hall–Kier alpha value is -5.85. The third-order valence-electron chi connectivity index (χ3n) is 14.4. The fourth-order valence-corrected chi connectivity index (χ4v) is 9.58. The van der Waals surface area contributed by atoms with E-state index in [1.807, 2.05) is 0 Å². The molecule has 0 aliphatic rings. The number of carboxylic acids is 2. The van der Waals surface area contributed by atoms with Crippen LogP contribution in [0, 0.1) is 11.8 Å². The maximum atomic E-state index is 10.6. The van der Waals surface area contributed by atoms with Crippen LogP contribution in [-0.2, 0) is 55.0 Å². The van der Waals surface area contributed by atoms with Crippen LogP contribution < -0.4 is 10.2 Å². The number of carboxylic acid groups (broad SMARTS) is 2. The van der Waals surface area contributed by atoms with E-state index in [1.165, 1.54) is 188 Å². The van der Waals surface area contributed by atoms with E-state index in [1.54, 1.807) is 13.8 Å². The van der Waals surface area contributed by atoms with Crippen molar-refractivity contribution in [2.75, 3.05) is 0 Å². The summed E-state index contributed by atoms with van der Waals surface area (Å²) in [6.45, 7) is 17.2. The van der Waals surface area contributed by atoms with Gasteiger partial charge in [-0.25, -0.2) is 9.98 Å². The minimum absolute atomic E-state index is 0. The molecule has 0 aliphatic heterocycles. The molecule has 0 radical (unpaired) electrons. The number of carbonyl (C=O) groups excluding carboxylic acids is 2. The van der Waals surface area contributed by atoms with Crippen LogP contribution in [-0.4, -0.2) is 43.8 Å². The summed E-state index contributed by atoms with van der Waals surface area (Å²) in [5.74, 6) is 2.09. The minimum Gasteiger partial charge on any atom is -0.545 e. The predicted octanol–water partition coefficient (Wildman–Crippen LogP) is 17.2. The SMILES string of the molecule is CCCCCCC#CC(=Nc1cc(CCCCC)cc(CCCCC)c1)C(C=CCCCCCCCCC)=Nc1cc(CCCCC)cc(CCCCC)c1.CCc1ccc(O)c(O)c1C(=O)[O-].CCc1ccc(O)c(O)c1C(=O)[O-].[Ni+2]. The van der Waals surface area contributed by atoms with E-state index in [2.05, 4.69) is 102 Å². The van der Waals surface area contributed by atoms with Crippen LogP contribution in [0.25, 0.3) is 0 Å². The van der Waals surface area contributed by atoms with Gasteiger partial charge in [-0.3, -0.25) is 0 Å². The molecule has 4 N–H and O–H groups in total. The van der Waals surface area contributed by atoms with Gasteiger partial charge in [0.05, 0.1) is 29.0 Å². The number of rotatable bonds is 36. The molecule has 0 amide bonds. The number of phenolic OH excluding ortho intramolecular Hbond substituents is 2. The second-order valence-electron chi connectivity index (χ2n) is 21.4. The molecule has 10 nitrogen and oxygen atoms in total. The van der Waals surface area contributed by atoms with E-state index < -0.39 is 34.9 Å². The second kappa shape index (κ2) is 45.6. The van der Waals surface area contributed by atoms with Gasteiger partial charge >= 0.3 is 16.5 Å². The molecule has 454 valence electrons. The molecule has 0 aliphatic carbocycles. The van der Waals surface area contributed by atoms with Crippen LogP contribution in [0.2, 0.25) is 0 Å². The van der Waals surface area contributed by atoms with Crippen molar-refractivity contribution in [1.82, 2.24) is 0 Å². The van der Waals surface area contributed by atoms with Crippen molar-refractivity contribution in [3.63, 3.8) is 0 Å². The van der Waals surface area contributed by atoms with Crippen molar-refractivity contribution < 1.29 is 56.7 Å². The zero-order chi connectivity index (χ0) is 59.6. The summed E-state index contributed by atoms with van der Waals surface area (Å²) in [6, 6.07) is 19.7. The molecule has 0 aromatic heterocycles. The van der Waals surface area contributed by atoms with E-state index in [-0.39, 0.29) is 27.6 Å². The maximum absolute atomic E-state index is 10.6. The Kier molecular flexibility index (Phi) is 41.3. The molecule has 0 unspecified atom stereocenters. The summed E-state index contributed by atoms with van der Waals surface area (Å²) >= 11 is 0. The van der Waals surface area contributed by atoms with E-state index in [4.69, 9.17) is 20.2 Å². The van der Waals surface area contributed by atoms with E-state index in [9.17, 15) is 30.0 Å². The van der Waals surface area contributed by atoms with Gasteiger partial charge in [-0.2, -0.15) is 0 Å². The van der Waals surface area contributed by atoms with Crippen molar-refractivity contribution >= 4 is 34.7 Å². The zero-order valence-corrected chi connectivity index (χ0v) is 52.5. The standard InChI is InChI=1S/C53H84N2.2C9H10O4.Ni/c1-7-13-19-21-23-24-25-27-33-39-53(55-51-44-48(36-30-17-11-5)41-49(45-51)37-31-18-12-6)52(38-32-26-22-20-14-8-2)54-50-42-46(34-28-15-9-3)40-47(43-50)35-29-16-10-4;2*1-2-5-3-4-6(10)8(11)7(5)9(12)13;/h33,39-45H,7-31,34-37H2,1-6H3;2*3-4,10-11H,2H2,1H3,(H,12,13);/q;;;+2/p-2. The summed E-state index contributed by atoms with van der Waals surface area (Å²) in [4.78, 5) is 32.1. The van der Waals surface area contributed by atoms with Gasteiger partial charge in [-0.15, -0.1) is 0 Å². The molecule has 0 saturated heterocycles. The molecule has 0 fully saturated rings. The number of hydrogen-bond acceptors (Lipinski definition) is 10. The van der Waals surface area contributed by atoms with Gasteiger partial charge < -0.3 is 40.2 Å². The molecule has 0 saturated carbocycles. The van der Waals surface area contributed by atoms with Crippen LogP contribution in [0.4, 0.5) is 11.4 Å². The van der Waals surface area contributed by atoms with Crippen LogP contribution in [0.1, 0.15) is 270 Å². The number of aromatic hydroxyl groups is 4. The molecule has 0 bridgehead atoms. The number of benzene rings is 4. The number of carbonyl (C=O) groups is 2. The van der Waals surface area contributed by atoms with Gasteiger partial charge in [0.2, 0.25) is 0 Å². The number of nitrogens with zero attached hydrogens (tertiary/aromatic N) is 2. The van der Waals surface area contributed by atoms with E-state index in [0.717, 1.165) is 67.7 Å². The van der Waals surface area contributed by atoms with Crippen LogP contribution in [0.5, 0.6) is 23.0 Å². The number of aromatic carboxylic acids is 2. The third-order valence-corrected chi connectivity index (χ3v) is 14.4. The predicted molar refractivity (Wildman–Crippen MR) is 335 cm³/mol. The maximum Gasteiger partial charge on any atom is 2.00 e. The average molecular weight is 1170 g/mol. The van der Waals surface area contributed by atoms with Gasteiger partial charge in [-0.05, 0) is 165 Å². The number of aliphatic imine (C=N–C) groups is 2. The van der Waals surface area contributed by atoms with Gasteiger partial charge in [0.25, 0.3) is 0 Å². The first-order valence-electron chi connectivity index (χ1n) is 31.3. The molecular weight excluding hydrogens is 1070 g/mol. The van der Waals surface area contributed by atoms with Gasteiger partial charge in [-0.1, -0.05) is 201 Å². The number of unbranched alkanes of at least 4 members (excludes halogenated alkanes) is 19. The molecule has 0 heterocycles. The summed E-state index contributed by atoms with van der Waals surface area (Å²) < 4.78 is 0. The fraction of sp³-hybridized carbons (Fsp3) is 0.549. The normalized spacial score (nSPS) is 11.3. The van der Waals surface area contributed by atoms with Crippen LogP contribution in [0.3, 0.4) is 0 Å². The van der Waals surface area contributed by atoms with Gasteiger partial charge in [0.15, 0.2) is 23.0 Å². The van der Waals surface area contributed by atoms with Crippen molar-refractivity contribution in [2.45, 2.75) is 254 Å². The van der Waals surface area contributed by atoms with Crippen LogP contribution in [0.15, 0.2) is 82.8 Å². The summed E-state index contributed by atoms with van der Waals surface area (Å²) in [5, 5.41) is 57.6. The Bertz CT molecular complexity index is 2480. The Balaban J connectivity index is 0.00000100. The molecule has 11 heteroatoms. The summed E-state index contributed by atoms with van der Waals surface area (Å²) in [7, 11) is 0. The van der Waals surface area contributed by atoms with Crippen molar-refractivity contribution in [2.24, 2.45) is 9.98 Å². The molecular formula is C71H102N2NiO8. The quantitative estimate of drug-likeness (QED) is 0.0114. The van der Waals surface area contributed by atoms with Gasteiger partial charge in [0.1, 0.15) is 5.71 Å². The van der Waals surface area contributed by atoms with E-state index in [0.29, 0.717) is 24.0 Å². The zero-order valence-electron chi connectivity index (χ0n) is 51.5. The van der Waals surface area contributed by atoms with Crippen molar-refractivity contribution in [1.29, 1.82) is 0 Å². The molecule has 4 rings (SSSR count). The number of aryl methyl sites for hydroxylation is 6. The summed E-state index contributed by atoms with van der Waals surface area (Å²) in [5.41, 5.74) is 9.72. The van der Waals surface area contributed by atoms with Gasteiger partial charge in [0, 0.05) is 17.5 Å². The largest absolute Gasteiger partial charge is 2.00 e.